The van der Waals surface area contributed by atoms with E-state index in [0.717, 1.165) is 17.7 Å². The molecule has 0 atom stereocenters. The van der Waals surface area contributed by atoms with Crippen molar-refractivity contribution < 1.29 is 0 Å². The Bertz CT molecular complexity index is 646. The summed E-state index contributed by atoms with van der Waals surface area (Å²) in [5, 5.41) is 1.31. The predicted octanol–water partition coefficient (Wildman–Crippen LogP) is 3.40. The van der Waals surface area contributed by atoms with Crippen LogP contribution in [0.3, 0.4) is 0 Å². The normalized spacial score (nSPS) is 10.2. The molecule has 0 aliphatic heterocycles. The average Bonchev–Trinajstić information content (AvgIpc) is 2.36. The second-order valence-electron chi connectivity index (χ2n) is 4.05. The smallest absolute Gasteiger partial charge is 0.251 e. The first-order valence-electron chi connectivity index (χ1n) is 5.93. The molecule has 7 heteroatoms. The maximum Gasteiger partial charge on any atom is 0.251 e. The van der Waals surface area contributed by atoms with Crippen molar-refractivity contribution in [1.82, 2.24) is 15.0 Å². The highest BCUT2D eigenvalue weighted by molar-refractivity contribution is 7.98. The minimum absolute atomic E-state index is 0. The van der Waals surface area contributed by atoms with Gasteiger partial charge in [-0.15, -0.1) is 12.4 Å². The van der Waals surface area contributed by atoms with Gasteiger partial charge in [-0.3, -0.25) is 9.78 Å². The van der Waals surface area contributed by atoms with Crippen molar-refractivity contribution in [3.8, 4) is 0 Å². The topological polar surface area (TPSA) is 58.6 Å². The molecule has 0 unspecified atom stereocenters. The Kier molecular flexibility index (Phi) is 6.52. The Hall–Kier alpha value is -1.04. The summed E-state index contributed by atoms with van der Waals surface area (Å²) in [4.78, 5) is 22.7. The molecule has 0 radical (unpaired) electrons. The summed E-state index contributed by atoms with van der Waals surface area (Å²) in [6, 6.07) is 3.25. The fourth-order valence-corrected chi connectivity index (χ4v) is 3.02. The SMILES string of the molecule is CCc1nccc(Cl)c1CSc1nc(C)cc(=O)[nH]1.Cl. The van der Waals surface area contributed by atoms with Crippen LogP contribution in [-0.2, 0) is 12.2 Å². The van der Waals surface area contributed by atoms with Crippen LogP contribution in [0.1, 0.15) is 23.9 Å². The second-order valence-corrected chi connectivity index (χ2v) is 5.42. The van der Waals surface area contributed by atoms with Crippen molar-refractivity contribution in [2.45, 2.75) is 31.2 Å². The highest BCUT2D eigenvalue weighted by Crippen LogP contribution is 2.26. The zero-order valence-electron chi connectivity index (χ0n) is 11.1. The van der Waals surface area contributed by atoms with Crippen molar-refractivity contribution in [2.24, 2.45) is 0 Å². The highest BCUT2D eigenvalue weighted by Gasteiger charge is 2.09. The van der Waals surface area contributed by atoms with Gasteiger partial charge >= 0.3 is 0 Å². The number of hydrogen-bond acceptors (Lipinski definition) is 4. The molecule has 0 spiro atoms. The quantitative estimate of drug-likeness (QED) is 0.689. The van der Waals surface area contributed by atoms with E-state index in [4.69, 9.17) is 11.6 Å². The molecule has 0 amide bonds. The molecule has 20 heavy (non-hydrogen) atoms. The molecular formula is C13H15Cl2N3OS. The molecule has 0 aliphatic carbocycles. The van der Waals surface area contributed by atoms with Gasteiger partial charge in [0.25, 0.3) is 5.56 Å². The lowest BCUT2D eigenvalue weighted by Crippen LogP contribution is -2.08. The molecule has 1 N–H and O–H groups in total. The number of thioether (sulfide) groups is 1. The van der Waals surface area contributed by atoms with Crippen molar-refractivity contribution in [2.75, 3.05) is 0 Å². The lowest BCUT2D eigenvalue weighted by atomic mass is 10.2. The van der Waals surface area contributed by atoms with Gasteiger partial charge in [-0.25, -0.2) is 4.98 Å². The van der Waals surface area contributed by atoms with Crippen molar-refractivity contribution in [3.05, 3.63) is 50.7 Å². The van der Waals surface area contributed by atoms with Gasteiger partial charge in [-0.2, -0.15) is 0 Å². The van der Waals surface area contributed by atoms with E-state index in [1.807, 2.05) is 6.92 Å². The minimum Gasteiger partial charge on any atom is -0.301 e. The maximum absolute atomic E-state index is 11.4. The van der Waals surface area contributed by atoms with Crippen molar-refractivity contribution in [3.63, 3.8) is 0 Å². The van der Waals surface area contributed by atoms with Gasteiger partial charge in [0.15, 0.2) is 5.16 Å². The predicted molar refractivity (Wildman–Crippen MR) is 85.0 cm³/mol. The largest absolute Gasteiger partial charge is 0.301 e. The number of aryl methyl sites for hydroxylation is 2. The molecule has 0 saturated carbocycles. The fraction of sp³-hybridized carbons (Fsp3) is 0.308. The van der Waals surface area contributed by atoms with Gasteiger partial charge < -0.3 is 4.98 Å². The zero-order valence-corrected chi connectivity index (χ0v) is 13.5. The van der Waals surface area contributed by atoms with E-state index < -0.39 is 0 Å². The van der Waals surface area contributed by atoms with Crippen LogP contribution >= 0.6 is 35.8 Å². The van der Waals surface area contributed by atoms with E-state index in [1.165, 1.54) is 17.8 Å². The lowest BCUT2D eigenvalue weighted by molar-refractivity contribution is 0.904. The third kappa shape index (κ3) is 4.23. The van der Waals surface area contributed by atoms with E-state index in [-0.39, 0.29) is 18.0 Å². The first-order valence-corrected chi connectivity index (χ1v) is 7.29. The number of H-pyrrole nitrogens is 1. The molecule has 0 saturated heterocycles. The number of halogens is 2. The number of rotatable bonds is 4. The summed E-state index contributed by atoms with van der Waals surface area (Å²) in [6.07, 6.45) is 2.54. The molecule has 4 nitrogen and oxygen atoms in total. The molecule has 0 aliphatic rings. The van der Waals surface area contributed by atoms with Gasteiger partial charge in [0, 0.05) is 40.0 Å². The van der Waals surface area contributed by atoms with Gasteiger partial charge in [0.1, 0.15) is 0 Å². The molecule has 0 bridgehead atoms. The van der Waals surface area contributed by atoms with E-state index in [9.17, 15) is 4.79 Å². The fourth-order valence-electron chi connectivity index (χ4n) is 1.73. The minimum atomic E-state index is -0.136. The Balaban J connectivity index is 0.00000200. The molecule has 2 rings (SSSR count). The lowest BCUT2D eigenvalue weighted by Gasteiger charge is -2.08. The van der Waals surface area contributed by atoms with Gasteiger partial charge in [0.2, 0.25) is 0 Å². The summed E-state index contributed by atoms with van der Waals surface area (Å²) in [6.45, 7) is 3.84. The first-order chi connectivity index (χ1) is 9.10. The zero-order chi connectivity index (χ0) is 13.8. The average molecular weight is 332 g/mol. The number of aromatic amines is 1. The van der Waals surface area contributed by atoms with Crippen LogP contribution in [0, 0.1) is 6.92 Å². The molecule has 0 aromatic carbocycles. The third-order valence-corrected chi connectivity index (χ3v) is 3.88. The van der Waals surface area contributed by atoms with E-state index >= 15 is 0 Å². The summed E-state index contributed by atoms with van der Waals surface area (Å²) < 4.78 is 0. The Labute approximate surface area is 132 Å². The van der Waals surface area contributed by atoms with Crippen molar-refractivity contribution in [1.29, 1.82) is 0 Å². The van der Waals surface area contributed by atoms with Gasteiger partial charge in [-0.1, -0.05) is 30.3 Å². The maximum atomic E-state index is 11.4. The molecule has 2 aromatic rings. The summed E-state index contributed by atoms with van der Waals surface area (Å²) in [7, 11) is 0. The van der Waals surface area contributed by atoms with Crippen LogP contribution in [0.5, 0.6) is 0 Å². The summed E-state index contributed by atoms with van der Waals surface area (Å²) >= 11 is 7.65. The Morgan fingerprint density at radius 2 is 2.20 bits per heavy atom. The van der Waals surface area contributed by atoms with Crippen LogP contribution in [0.25, 0.3) is 0 Å². The number of pyridine rings is 1. The second kappa shape index (κ2) is 7.67. The molecular weight excluding hydrogens is 317 g/mol. The van der Waals surface area contributed by atoms with Crippen LogP contribution in [0.2, 0.25) is 5.02 Å². The van der Waals surface area contributed by atoms with E-state index in [0.29, 0.717) is 21.6 Å². The third-order valence-electron chi connectivity index (χ3n) is 2.62. The van der Waals surface area contributed by atoms with Crippen LogP contribution in [0.15, 0.2) is 28.3 Å². The summed E-state index contributed by atoms with van der Waals surface area (Å²) in [5.41, 5.74) is 2.55. The standard InChI is InChI=1S/C13H14ClN3OS.ClH/c1-3-11-9(10(14)4-5-15-11)7-19-13-16-8(2)6-12(18)17-13;/h4-6H,3,7H2,1-2H3,(H,16,17,18);1H. The van der Waals surface area contributed by atoms with Gasteiger partial charge in [-0.05, 0) is 19.4 Å². The molecule has 2 aromatic heterocycles. The molecule has 108 valence electrons. The number of nitrogens with one attached hydrogen (secondary N) is 1. The highest BCUT2D eigenvalue weighted by atomic mass is 35.5. The van der Waals surface area contributed by atoms with E-state index in [1.54, 1.807) is 19.2 Å². The van der Waals surface area contributed by atoms with E-state index in [2.05, 4.69) is 15.0 Å². The van der Waals surface area contributed by atoms with Crippen LogP contribution in [0.4, 0.5) is 0 Å². The molecule has 2 heterocycles. The monoisotopic (exact) mass is 331 g/mol. The Morgan fingerprint density at radius 3 is 2.85 bits per heavy atom. The summed E-state index contributed by atoms with van der Waals surface area (Å²) in [5.74, 6) is 0.641. The number of aromatic nitrogens is 3. The van der Waals surface area contributed by atoms with Crippen molar-refractivity contribution >= 4 is 35.8 Å². The van der Waals surface area contributed by atoms with Gasteiger partial charge in [0.05, 0.1) is 0 Å². The number of hydrogen-bond donors (Lipinski definition) is 1. The number of nitrogens with zero attached hydrogens (tertiary/aromatic N) is 2. The Morgan fingerprint density at radius 1 is 1.45 bits per heavy atom. The first kappa shape index (κ1) is 17.0. The molecule has 0 fully saturated rings. The van der Waals surface area contributed by atoms with Crippen LogP contribution < -0.4 is 5.56 Å². The van der Waals surface area contributed by atoms with Crippen LogP contribution in [-0.4, -0.2) is 15.0 Å².